The molecule has 0 unspecified atom stereocenters. The van der Waals surface area contributed by atoms with Crippen LogP contribution in [0.15, 0.2) is 12.4 Å². The van der Waals surface area contributed by atoms with Crippen molar-refractivity contribution < 1.29 is 4.79 Å². The van der Waals surface area contributed by atoms with E-state index in [0.717, 1.165) is 13.1 Å². The lowest BCUT2D eigenvalue weighted by molar-refractivity contribution is 0.0978. The van der Waals surface area contributed by atoms with Gasteiger partial charge in [-0.2, -0.15) is 0 Å². The molecule has 4 nitrogen and oxygen atoms in total. The SMILES string of the molecule is CCNCC(=O)c1nccn1CC. The Labute approximate surface area is 78.0 Å². The van der Waals surface area contributed by atoms with Gasteiger partial charge in [0.1, 0.15) is 0 Å². The van der Waals surface area contributed by atoms with Crippen LogP contribution in [0.4, 0.5) is 0 Å². The minimum atomic E-state index is 0.0497. The van der Waals surface area contributed by atoms with Gasteiger partial charge in [0.05, 0.1) is 6.54 Å². The Kier molecular flexibility index (Phi) is 3.64. The zero-order chi connectivity index (χ0) is 9.68. The zero-order valence-electron chi connectivity index (χ0n) is 8.08. The van der Waals surface area contributed by atoms with E-state index in [9.17, 15) is 4.79 Å². The van der Waals surface area contributed by atoms with Crippen LogP contribution in [-0.4, -0.2) is 28.4 Å². The molecule has 13 heavy (non-hydrogen) atoms. The second kappa shape index (κ2) is 4.77. The van der Waals surface area contributed by atoms with Crippen LogP contribution in [0.3, 0.4) is 0 Å². The highest BCUT2D eigenvalue weighted by Crippen LogP contribution is 1.97. The van der Waals surface area contributed by atoms with E-state index in [1.165, 1.54) is 0 Å². The Balaban J connectivity index is 2.65. The van der Waals surface area contributed by atoms with E-state index in [1.54, 1.807) is 6.20 Å². The van der Waals surface area contributed by atoms with Crippen molar-refractivity contribution in [2.24, 2.45) is 0 Å². The normalized spacial score (nSPS) is 10.3. The summed E-state index contributed by atoms with van der Waals surface area (Å²) >= 11 is 0. The number of carbonyl (C=O) groups excluding carboxylic acids is 1. The minimum Gasteiger partial charge on any atom is -0.329 e. The van der Waals surface area contributed by atoms with Crippen molar-refractivity contribution in [3.63, 3.8) is 0 Å². The Hall–Kier alpha value is -1.16. The van der Waals surface area contributed by atoms with Gasteiger partial charge in [-0.25, -0.2) is 4.98 Å². The lowest BCUT2D eigenvalue weighted by Crippen LogP contribution is -2.25. The van der Waals surface area contributed by atoms with Gasteiger partial charge in [0, 0.05) is 18.9 Å². The lowest BCUT2D eigenvalue weighted by atomic mass is 10.3. The van der Waals surface area contributed by atoms with Gasteiger partial charge >= 0.3 is 0 Å². The van der Waals surface area contributed by atoms with Crippen LogP contribution >= 0.6 is 0 Å². The third-order valence-corrected chi connectivity index (χ3v) is 1.84. The van der Waals surface area contributed by atoms with E-state index < -0.39 is 0 Å². The van der Waals surface area contributed by atoms with E-state index >= 15 is 0 Å². The van der Waals surface area contributed by atoms with Gasteiger partial charge in [-0.05, 0) is 13.5 Å². The van der Waals surface area contributed by atoms with Crippen LogP contribution in [0.25, 0.3) is 0 Å². The number of nitrogens with one attached hydrogen (secondary N) is 1. The number of likely N-dealkylation sites (N-methyl/N-ethyl adjacent to an activating group) is 1. The predicted molar refractivity (Wildman–Crippen MR) is 50.8 cm³/mol. The number of nitrogens with zero attached hydrogens (tertiary/aromatic N) is 2. The molecule has 1 rings (SSSR count). The van der Waals surface area contributed by atoms with Crippen LogP contribution in [0.5, 0.6) is 0 Å². The van der Waals surface area contributed by atoms with Crippen molar-refractivity contribution in [3.05, 3.63) is 18.2 Å². The smallest absolute Gasteiger partial charge is 0.211 e. The third kappa shape index (κ3) is 2.39. The molecule has 0 fully saturated rings. The minimum absolute atomic E-state index is 0.0497. The molecule has 4 heteroatoms. The molecule has 0 bridgehead atoms. The van der Waals surface area contributed by atoms with Gasteiger partial charge in [-0.1, -0.05) is 6.92 Å². The van der Waals surface area contributed by atoms with E-state index in [4.69, 9.17) is 0 Å². The van der Waals surface area contributed by atoms with Crippen LogP contribution in [0.1, 0.15) is 24.5 Å². The maximum Gasteiger partial charge on any atom is 0.211 e. The fourth-order valence-electron chi connectivity index (χ4n) is 1.13. The Morgan fingerprint density at radius 3 is 3.00 bits per heavy atom. The van der Waals surface area contributed by atoms with Crippen LogP contribution in [-0.2, 0) is 6.54 Å². The van der Waals surface area contributed by atoms with E-state index in [0.29, 0.717) is 12.4 Å². The zero-order valence-corrected chi connectivity index (χ0v) is 8.08. The van der Waals surface area contributed by atoms with Gasteiger partial charge in [-0.15, -0.1) is 0 Å². The fourth-order valence-corrected chi connectivity index (χ4v) is 1.13. The molecule has 1 heterocycles. The number of ketones is 1. The molecule has 0 saturated heterocycles. The number of carbonyl (C=O) groups is 1. The van der Waals surface area contributed by atoms with Gasteiger partial charge < -0.3 is 9.88 Å². The molecule has 0 aliphatic rings. The van der Waals surface area contributed by atoms with Gasteiger partial charge in [0.15, 0.2) is 5.82 Å². The van der Waals surface area contributed by atoms with Crippen LogP contribution < -0.4 is 5.32 Å². The number of imidazole rings is 1. The summed E-state index contributed by atoms with van der Waals surface area (Å²) in [5.41, 5.74) is 0. The third-order valence-electron chi connectivity index (χ3n) is 1.84. The molecule has 0 amide bonds. The first-order chi connectivity index (χ1) is 6.29. The summed E-state index contributed by atoms with van der Waals surface area (Å²) in [4.78, 5) is 15.5. The lowest BCUT2D eigenvalue weighted by Gasteiger charge is -2.03. The van der Waals surface area contributed by atoms with E-state index in [2.05, 4.69) is 10.3 Å². The van der Waals surface area contributed by atoms with Crippen molar-refractivity contribution in [1.82, 2.24) is 14.9 Å². The van der Waals surface area contributed by atoms with Crippen LogP contribution in [0.2, 0.25) is 0 Å². The molecule has 0 aliphatic heterocycles. The quantitative estimate of drug-likeness (QED) is 0.680. The molecule has 0 saturated carbocycles. The Bertz CT molecular complexity index is 280. The molecule has 1 N–H and O–H groups in total. The number of hydrogen-bond acceptors (Lipinski definition) is 3. The molecule has 1 aromatic rings. The number of Topliss-reactive ketones (excluding diaryl/α,β-unsaturated/α-hetero) is 1. The summed E-state index contributed by atoms with van der Waals surface area (Å²) in [7, 11) is 0. The van der Waals surface area contributed by atoms with E-state index in [-0.39, 0.29) is 5.78 Å². The van der Waals surface area contributed by atoms with Gasteiger partial charge in [-0.3, -0.25) is 4.79 Å². The van der Waals surface area contributed by atoms with Crippen molar-refractivity contribution >= 4 is 5.78 Å². The monoisotopic (exact) mass is 181 g/mol. The first-order valence-corrected chi connectivity index (χ1v) is 4.54. The summed E-state index contributed by atoms with van der Waals surface area (Å²) in [5.74, 6) is 0.595. The first-order valence-electron chi connectivity index (χ1n) is 4.54. The van der Waals surface area contributed by atoms with Crippen molar-refractivity contribution in [2.45, 2.75) is 20.4 Å². The largest absolute Gasteiger partial charge is 0.329 e. The average molecular weight is 181 g/mol. The maximum absolute atomic E-state index is 11.5. The highest BCUT2D eigenvalue weighted by molar-refractivity contribution is 5.94. The summed E-state index contributed by atoms with van der Waals surface area (Å²) in [6.07, 6.45) is 3.47. The maximum atomic E-state index is 11.5. The number of rotatable bonds is 5. The Morgan fingerprint density at radius 1 is 1.62 bits per heavy atom. The Morgan fingerprint density at radius 2 is 2.38 bits per heavy atom. The van der Waals surface area contributed by atoms with E-state index in [1.807, 2.05) is 24.6 Å². The van der Waals surface area contributed by atoms with Gasteiger partial charge in [0.2, 0.25) is 5.78 Å². The summed E-state index contributed by atoms with van der Waals surface area (Å²) in [6, 6.07) is 0. The molecular formula is C9H15N3O. The number of aromatic nitrogens is 2. The highest BCUT2D eigenvalue weighted by atomic mass is 16.1. The summed E-state index contributed by atoms with van der Waals surface area (Å²) in [6.45, 7) is 5.92. The standard InChI is InChI=1S/C9H15N3O/c1-3-10-7-8(13)9-11-5-6-12(9)4-2/h5-6,10H,3-4,7H2,1-2H3. The average Bonchev–Trinajstić information content (AvgIpc) is 2.61. The molecule has 0 radical (unpaired) electrons. The molecule has 0 atom stereocenters. The topological polar surface area (TPSA) is 46.9 Å². The highest BCUT2D eigenvalue weighted by Gasteiger charge is 2.10. The number of hydrogen-bond donors (Lipinski definition) is 1. The second-order valence-electron chi connectivity index (χ2n) is 2.74. The molecular weight excluding hydrogens is 166 g/mol. The molecule has 0 spiro atoms. The predicted octanol–water partition coefficient (Wildman–Crippen LogP) is 0.695. The second-order valence-corrected chi connectivity index (χ2v) is 2.74. The molecule has 72 valence electrons. The van der Waals surface area contributed by atoms with Crippen molar-refractivity contribution in [2.75, 3.05) is 13.1 Å². The van der Waals surface area contributed by atoms with Gasteiger partial charge in [0.25, 0.3) is 0 Å². The van der Waals surface area contributed by atoms with Crippen molar-refractivity contribution in [3.8, 4) is 0 Å². The molecule has 0 aliphatic carbocycles. The fraction of sp³-hybridized carbons (Fsp3) is 0.556. The first kappa shape index (κ1) is 9.92. The molecule has 1 aromatic heterocycles. The summed E-state index contributed by atoms with van der Waals surface area (Å²) in [5, 5.41) is 2.98. The number of aryl methyl sites for hydroxylation is 1. The van der Waals surface area contributed by atoms with Crippen LogP contribution in [0, 0.1) is 0 Å². The molecule has 0 aromatic carbocycles. The van der Waals surface area contributed by atoms with Crippen molar-refractivity contribution in [1.29, 1.82) is 0 Å². The summed E-state index contributed by atoms with van der Waals surface area (Å²) < 4.78 is 1.85.